The van der Waals surface area contributed by atoms with Gasteiger partial charge in [-0.15, -0.1) is 0 Å². The summed E-state index contributed by atoms with van der Waals surface area (Å²) in [5.41, 5.74) is 0. The molecule has 0 aliphatic rings. The summed E-state index contributed by atoms with van der Waals surface area (Å²) in [6, 6.07) is -2.28. The van der Waals surface area contributed by atoms with Crippen molar-refractivity contribution in [3.8, 4) is 0 Å². The second-order valence-corrected chi connectivity index (χ2v) is 5.31. The Hall–Kier alpha value is -1.66. The highest BCUT2D eigenvalue weighted by molar-refractivity contribution is 5.74. The second-order valence-electron chi connectivity index (χ2n) is 5.31. The predicted octanol–water partition coefficient (Wildman–Crippen LogP) is -2.00. The number of halogens is 3. The van der Waals surface area contributed by atoms with Crippen molar-refractivity contribution in [1.29, 1.82) is 0 Å². The van der Waals surface area contributed by atoms with E-state index < -0.39 is 79.7 Å². The van der Waals surface area contributed by atoms with Gasteiger partial charge in [-0.1, -0.05) is 0 Å². The van der Waals surface area contributed by atoms with Crippen LogP contribution in [-0.2, 0) is 0 Å². The lowest BCUT2D eigenvalue weighted by Gasteiger charge is -2.50. The Morgan fingerprint density at radius 1 is 0.645 bits per heavy atom. The van der Waals surface area contributed by atoms with Crippen molar-refractivity contribution < 1.29 is 49.2 Å². The van der Waals surface area contributed by atoms with Crippen LogP contribution in [0.1, 0.15) is 0 Å². The molecule has 0 rings (SSSR count). The zero-order valence-corrected chi connectivity index (χ0v) is 14.4. The molecule has 0 aromatic carbocycles. The van der Waals surface area contributed by atoms with E-state index in [1.54, 1.807) is 0 Å². The maximum atomic E-state index is 14.2. The standard InChI is InChI=1S/C7H13F3N8O13/c8-5(13(20)21,14(22)23)1-11-4(19)12(2-6(9,15(24)25)16(26)27)3-7(10,17(28)29)18(30)31/h20,22,24,26,28,30H,1-3H2,(H,11,19)/q-6. The van der Waals surface area contributed by atoms with E-state index in [-0.39, 0.29) is 0 Å². The molecular formula is C7H13F3N8O13-6. The lowest BCUT2D eigenvalue weighted by molar-refractivity contribution is -0.341. The molecule has 0 aromatic rings. The molecule has 0 aromatic heterocycles. The minimum absolute atomic E-state index is 0.774. The Balaban J connectivity index is 6.00. The number of carbonyl (C=O) groups excluding carboxylic acids is 1. The Bertz CT molecular complexity index is 533. The van der Waals surface area contributed by atoms with E-state index in [1.807, 2.05) is 0 Å². The van der Waals surface area contributed by atoms with Crippen LogP contribution in [0.5, 0.6) is 0 Å². The van der Waals surface area contributed by atoms with Gasteiger partial charge in [-0.3, -0.25) is 0 Å². The Kier molecular flexibility index (Phi) is 10.2. The van der Waals surface area contributed by atoms with Crippen molar-refractivity contribution in [3.05, 3.63) is 31.2 Å². The van der Waals surface area contributed by atoms with E-state index in [4.69, 9.17) is 31.2 Å². The molecule has 2 amide bonds. The third-order valence-corrected chi connectivity index (χ3v) is 3.29. The summed E-state index contributed by atoms with van der Waals surface area (Å²) in [6.45, 7) is -6.82. The lowest BCUT2D eigenvalue weighted by atomic mass is 10.3. The van der Waals surface area contributed by atoms with Crippen LogP contribution in [0.15, 0.2) is 0 Å². The van der Waals surface area contributed by atoms with Crippen LogP contribution in [0.4, 0.5) is 18.0 Å². The Morgan fingerprint density at radius 2 is 0.903 bits per heavy atom. The van der Waals surface area contributed by atoms with Crippen LogP contribution in [0.3, 0.4) is 0 Å². The molecule has 0 fully saturated rings. The van der Waals surface area contributed by atoms with Gasteiger partial charge in [0.2, 0.25) is 0 Å². The van der Waals surface area contributed by atoms with Crippen LogP contribution in [0, 0.1) is 31.2 Å². The number of amides is 2. The molecule has 0 spiro atoms. The molecule has 0 saturated heterocycles. The highest BCUT2D eigenvalue weighted by Crippen LogP contribution is 2.25. The van der Waals surface area contributed by atoms with Gasteiger partial charge in [0.05, 0.1) is 19.6 Å². The van der Waals surface area contributed by atoms with Gasteiger partial charge in [0.1, 0.15) is 0 Å². The van der Waals surface area contributed by atoms with Crippen molar-refractivity contribution >= 4 is 6.03 Å². The van der Waals surface area contributed by atoms with Gasteiger partial charge in [0.15, 0.2) is 0 Å². The first-order chi connectivity index (χ1) is 13.9. The van der Waals surface area contributed by atoms with Crippen molar-refractivity contribution in [1.82, 2.24) is 41.6 Å². The Morgan fingerprint density at radius 3 is 1.13 bits per heavy atom. The summed E-state index contributed by atoms with van der Waals surface area (Å²) >= 11 is 0. The molecule has 186 valence electrons. The highest BCUT2D eigenvalue weighted by atomic mass is 19.2. The SMILES string of the molecule is O=C(NCC(F)(N([O-])O)N([O-])O)N(CC(F)(N([O-])O)N([O-])O)CC(F)(N([O-])O)N([O-])O. The molecule has 0 heterocycles. The van der Waals surface area contributed by atoms with Gasteiger partial charge in [0, 0.05) is 0 Å². The molecule has 7 N–H and O–H groups in total. The number of hydroxylamine groups is 12. The quantitative estimate of drug-likeness (QED) is 0.0913. The summed E-state index contributed by atoms with van der Waals surface area (Å²) in [5.74, 6) is -13.8. The monoisotopic (exact) mass is 474 g/mol. The summed E-state index contributed by atoms with van der Waals surface area (Å²) in [6.07, 6.45) is 0. The van der Waals surface area contributed by atoms with E-state index in [0.29, 0.717) is 0 Å². The molecule has 0 unspecified atom stereocenters. The zero-order chi connectivity index (χ0) is 24.9. The fraction of sp³-hybridized carbons (Fsp3) is 0.857. The van der Waals surface area contributed by atoms with E-state index in [9.17, 15) is 49.2 Å². The molecule has 0 aliphatic carbocycles. The molecule has 0 bridgehead atoms. The molecule has 31 heavy (non-hydrogen) atoms. The minimum atomic E-state index is -4.67. The van der Waals surface area contributed by atoms with Crippen LogP contribution in [0.25, 0.3) is 0 Å². The maximum absolute atomic E-state index is 14.2. The molecular weight excluding hydrogens is 461 g/mol. The summed E-state index contributed by atoms with van der Waals surface area (Å²) in [7, 11) is 0. The average Bonchev–Trinajstić information content (AvgIpc) is 2.63. The molecule has 0 atom stereocenters. The third-order valence-electron chi connectivity index (χ3n) is 3.29. The number of nitrogens with zero attached hydrogens (tertiary/aromatic N) is 7. The smallest absolute Gasteiger partial charge is 0.318 e. The summed E-state index contributed by atoms with van der Waals surface area (Å²) in [4.78, 5) is 11.2. The van der Waals surface area contributed by atoms with Crippen molar-refractivity contribution in [2.45, 2.75) is 17.7 Å². The molecule has 0 saturated carbocycles. The summed E-state index contributed by atoms with van der Waals surface area (Å²) in [5, 5.41) is 105. The number of urea groups is 1. The minimum Gasteiger partial charge on any atom is -0.759 e. The normalized spacial score (nSPS) is 14.0. The fourth-order valence-electron chi connectivity index (χ4n) is 1.58. The van der Waals surface area contributed by atoms with Gasteiger partial charge < -0.3 is 72.7 Å². The van der Waals surface area contributed by atoms with E-state index in [2.05, 4.69) is 0 Å². The number of carbonyl (C=O) groups is 1. The average molecular weight is 474 g/mol. The van der Waals surface area contributed by atoms with Crippen LogP contribution in [-0.4, -0.2) is 111 Å². The van der Waals surface area contributed by atoms with Gasteiger partial charge in [-0.2, -0.15) is 0 Å². The first kappa shape index (κ1) is 29.3. The van der Waals surface area contributed by atoms with Gasteiger partial charge >= 0.3 is 6.03 Å². The predicted molar refractivity (Wildman–Crippen MR) is 78.4 cm³/mol. The first-order valence-corrected chi connectivity index (χ1v) is 6.93. The van der Waals surface area contributed by atoms with Crippen LogP contribution < -0.4 is 5.32 Å². The van der Waals surface area contributed by atoms with Crippen molar-refractivity contribution in [2.24, 2.45) is 0 Å². The second kappa shape index (κ2) is 10.8. The van der Waals surface area contributed by atoms with Crippen LogP contribution in [0.2, 0.25) is 0 Å². The van der Waals surface area contributed by atoms with Crippen molar-refractivity contribution in [3.63, 3.8) is 0 Å². The number of alkyl halides is 3. The largest absolute Gasteiger partial charge is 0.759 e. The number of hydrogen-bond acceptors (Lipinski definition) is 19. The summed E-state index contributed by atoms with van der Waals surface area (Å²) < 4.78 is 42.1. The number of rotatable bonds is 12. The number of nitrogens with one attached hydrogen (secondary N) is 1. The van der Waals surface area contributed by atoms with Gasteiger partial charge in [-0.25, -0.2) is 49.3 Å². The zero-order valence-electron chi connectivity index (χ0n) is 14.4. The molecule has 21 nitrogen and oxygen atoms in total. The number of hydrogen-bond donors (Lipinski definition) is 7. The molecule has 0 radical (unpaired) electrons. The lowest BCUT2D eigenvalue weighted by Crippen LogP contribution is -2.66. The fourth-order valence-corrected chi connectivity index (χ4v) is 1.58. The molecule has 0 aliphatic heterocycles. The molecule has 24 heteroatoms. The van der Waals surface area contributed by atoms with E-state index >= 15 is 0 Å². The topological polar surface area (TPSA) is 312 Å². The van der Waals surface area contributed by atoms with Gasteiger partial charge in [0.25, 0.3) is 17.7 Å². The van der Waals surface area contributed by atoms with Crippen molar-refractivity contribution in [2.75, 3.05) is 19.6 Å². The van der Waals surface area contributed by atoms with E-state index in [0.717, 1.165) is 5.32 Å². The Labute approximate surface area is 166 Å². The maximum Gasteiger partial charge on any atom is 0.318 e. The van der Waals surface area contributed by atoms with Gasteiger partial charge in [-0.05, 0) is 0 Å². The first-order valence-electron chi connectivity index (χ1n) is 6.93. The van der Waals surface area contributed by atoms with Crippen LogP contribution >= 0.6 is 0 Å². The van der Waals surface area contributed by atoms with E-state index in [1.165, 1.54) is 0 Å². The highest BCUT2D eigenvalue weighted by Gasteiger charge is 2.44. The third kappa shape index (κ3) is 6.66.